The van der Waals surface area contributed by atoms with Gasteiger partial charge in [-0.05, 0) is 61.8 Å². The summed E-state index contributed by atoms with van der Waals surface area (Å²) in [6.45, 7) is 4.26. The Labute approximate surface area is 166 Å². The van der Waals surface area contributed by atoms with Crippen LogP contribution in [0.3, 0.4) is 0 Å². The minimum absolute atomic E-state index is 0.0694. The normalized spacial score (nSPS) is 17.8. The van der Waals surface area contributed by atoms with E-state index < -0.39 is 5.97 Å². The van der Waals surface area contributed by atoms with Gasteiger partial charge in [0.05, 0.1) is 10.8 Å². The zero-order valence-electron chi connectivity index (χ0n) is 14.5. The number of carbonyl (C=O) groups is 2. The monoisotopic (exact) mass is 416 g/mol. The van der Waals surface area contributed by atoms with Crippen LogP contribution in [0.5, 0.6) is 0 Å². The maximum Gasteiger partial charge on any atom is 0.335 e. The third kappa shape index (κ3) is 6.77. The van der Waals surface area contributed by atoms with E-state index in [1.54, 1.807) is 23.9 Å². The Balaban J connectivity index is 1.69. The second-order valence-corrected chi connectivity index (χ2v) is 12.6. The average molecular weight is 417 g/mol. The van der Waals surface area contributed by atoms with Crippen molar-refractivity contribution in [1.82, 2.24) is 0 Å². The molecule has 1 unspecified atom stereocenters. The van der Waals surface area contributed by atoms with Gasteiger partial charge in [-0.3, -0.25) is 4.79 Å². The molecule has 1 heterocycles. The number of ketones is 1. The Morgan fingerprint density at radius 3 is 2.36 bits per heavy atom. The highest BCUT2D eigenvalue weighted by Gasteiger charge is 2.28. The predicted molar refractivity (Wildman–Crippen MR) is 115 cm³/mol. The SMILES string of the molecule is CC(SCCCSC1(C)SCCCS1)C(=O)c1ccc(C(=O)O)cc1. The molecule has 1 atom stereocenters. The molecule has 1 fully saturated rings. The Bertz CT molecular complexity index is 582. The summed E-state index contributed by atoms with van der Waals surface area (Å²) in [7, 11) is 0. The fourth-order valence-corrected chi connectivity index (χ4v) is 8.16. The van der Waals surface area contributed by atoms with Crippen molar-refractivity contribution in [2.45, 2.75) is 35.4 Å². The summed E-state index contributed by atoms with van der Waals surface area (Å²) in [6.07, 6.45) is 2.41. The molecule has 0 saturated carbocycles. The van der Waals surface area contributed by atoms with Gasteiger partial charge in [0.25, 0.3) is 0 Å². The van der Waals surface area contributed by atoms with Gasteiger partial charge in [-0.2, -0.15) is 11.8 Å². The molecule has 0 spiro atoms. The summed E-state index contributed by atoms with van der Waals surface area (Å²) in [4.78, 5) is 23.3. The van der Waals surface area contributed by atoms with Crippen LogP contribution in [0.1, 0.15) is 47.4 Å². The van der Waals surface area contributed by atoms with Crippen molar-refractivity contribution in [3.05, 3.63) is 35.4 Å². The third-order valence-corrected chi connectivity index (χ3v) is 10.2. The lowest BCUT2D eigenvalue weighted by Crippen LogP contribution is -2.17. The second-order valence-electron chi connectivity index (χ2n) is 5.87. The molecule has 25 heavy (non-hydrogen) atoms. The second kappa shape index (κ2) is 10.2. The van der Waals surface area contributed by atoms with Crippen LogP contribution < -0.4 is 0 Å². The van der Waals surface area contributed by atoms with Crippen molar-refractivity contribution in [3.63, 3.8) is 0 Å². The molecule has 1 saturated heterocycles. The number of rotatable bonds is 9. The van der Waals surface area contributed by atoms with E-state index in [4.69, 9.17) is 5.11 Å². The van der Waals surface area contributed by atoms with Gasteiger partial charge in [0.1, 0.15) is 3.41 Å². The van der Waals surface area contributed by atoms with Crippen LogP contribution >= 0.6 is 47.0 Å². The lowest BCUT2D eigenvalue weighted by molar-refractivity contribution is 0.0696. The van der Waals surface area contributed by atoms with E-state index in [1.807, 2.05) is 18.7 Å². The fraction of sp³-hybridized carbons (Fsp3) is 0.556. The van der Waals surface area contributed by atoms with E-state index >= 15 is 0 Å². The summed E-state index contributed by atoms with van der Waals surface area (Å²) in [5, 5.41) is 8.81. The quantitative estimate of drug-likeness (QED) is 0.430. The molecule has 0 amide bonds. The molecule has 0 radical (unpaired) electrons. The van der Waals surface area contributed by atoms with Gasteiger partial charge >= 0.3 is 5.97 Å². The van der Waals surface area contributed by atoms with E-state index in [9.17, 15) is 9.59 Å². The van der Waals surface area contributed by atoms with E-state index in [-0.39, 0.29) is 16.6 Å². The lowest BCUT2D eigenvalue weighted by Gasteiger charge is -2.31. The van der Waals surface area contributed by atoms with Gasteiger partial charge in [-0.15, -0.1) is 35.3 Å². The Kier molecular flexibility index (Phi) is 8.58. The Hall–Kier alpha value is -0.240. The van der Waals surface area contributed by atoms with E-state index in [0.717, 1.165) is 17.9 Å². The van der Waals surface area contributed by atoms with Crippen LogP contribution in [0.2, 0.25) is 0 Å². The lowest BCUT2D eigenvalue weighted by atomic mass is 10.1. The number of carboxylic acids is 1. The predicted octanol–water partition coefficient (Wildman–Crippen LogP) is 5.36. The fourth-order valence-electron chi connectivity index (χ4n) is 2.36. The first kappa shape index (κ1) is 21.1. The highest BCUT2D eigenvalue weighted by molar-refractivity contribution is 8.34. The number of Topliss-reactive ketones (excluding diaryl/α,β-unsaturated/α-hetero) is 1. The molecule has 1 aromatic rings. The molecule has 0 aromatic heterocycles. The maximum atomic E-state index is 12.4. The molecule has 1 aliphatic rings. The van der Waals surface area contributed by atoms with Crippen LogP contribution in [-0.2, 0) is 0 Å². The summed E-state index contributed by atoms with van der Waals surface area (Å²) in [5.41, 5.74) is 0.794. The molecule has 0 aliphatic carbocycles. The number of aromatic carboxylic acids is 1. The molecular formula is C18H24O3S4. The summed E-state index contributed by atoms with van der Waals surface area (Å²) in [6, 6.07) is 6.20. The van der Waals surface area contributed by atoms with Crippen LogP contribution in [0.4, 0.5) is 0 Å². The van der Waals surface area contributed by atoms with Crippen molar-refractivity contribution in [2.24, 2.45) is 0 Å². The van der Waals surface area contributed by atoms with Gasteiger partial charge < -0.3 is 5.11 Å². The summed E-state index contributed by atoms with van der Waals surface area (Å²) in [5.74, 6) is 3.72. The van der Waals surface area contributed by atoms with Gasteiger partial charge in [0.15, 0.2) is 5.78 Å². The van der Waals surface area contributed by atoms with Crippen LogP contribution in [-0.4, -0.2) is 48.5 Å². The maximum absolute atomic E-state index is 12.4. The molecule has 3 nitrogen and oxygen atoms in total. The number of benzene rings is 1. The standard InChI is InChI=1S/C18H24O3S4/c1-13(16(19)14-5-7-15(8-6-14)17(20)21)22-9-3-10-23-18(2)24-11-4-12-25-18/h5-8,13H,3-4,9-12H2,1-2H3,(H,20,21). The highest BCUT2D eigenvalue weighted by Crippen LogP contribution is 2.50. The first-order valence-electron chi connectivity index (χ1n) is 8.32. The Morgan fingerprint density at radius 2 is 1.76 bits per heavy atom. The number of thioether (sulfide) groups is 4. The first-order chi connectivity index (χ1) is 11.9. The van der Waals surface area contributed by atoms with Crippen molar-refractivity contribution in [3.8, 4) is 0 Å². The van der Waals surface area contributed by atoms with Gasteiger partial charge in [-0.1, -0.05) is 12.1 Å². The summed E-state index contributed by atoms with van der Waals surface area (Å²) >= 11 is 7.83. The van der Waals surface area contributed by atoms with Crippen LogP contribution in [0.25, 0.3) is 0 Å². The number of carbonyl (C=O) groups excluding carboxylic acids is 1. The van der Waals surface area contributed by atoms with E-state index in [2.05, 4.69) is 30.4 Å². The average Bonchev–Trinajstić information content (AvgIpc) is 2.61. The zero-order valence-corrected chi connectivity index (χ0v) is 17.8. The number of carboxylic acid groups (broad SMARTS) is 1. The molecule has 138 valence electrons. The minimum Gasteiger partial charge on any atom is -0.478 e. The third-order valence-electron chi connectivity index (χ3n) is 3.82. The molecule has 0 bridgehead atoms. The van der Waals surface area contributed by atoms with E-state index in [0.29, 0.717) is 8.97 Å². The topological polar surface area (TPSA) is 54.4 Å². The number of hydrogen-bond donors (Lipinski definition) is 1. The van der Waals surface area contributed by atoms with Crippen molar-refractivity contribution < 1.29 is 14.7 Å². The van der Waals surface area contributed by atoms with Crippen molar-refractivity contribution in [2.75, 3.05) is 23.0 Å². The molecule has 7 heteroatoms. The Morgan fingerprint density at radius 1 is 1.16 bits per heavy atom. The van der Waals surface area contributed by atoms with Crippen molar-refractivity contribution >= 4 is 58.8 Å². The van der Waals surface area contributed by atoms with E-state index in [1.165, 1.54) is 30.1 Å². The highest BCUT2D eigenvalue weighted by atomic mass is 32.3. The molecular weight excluding hydrogens is 392 g/mol. The molecule has 2 rings (SSSR count). The minimum atomic E-state index is -0.970. The molecule has 1 N–H and O–H groups in total. The van der Waals surface area contributed by atoms with Gasteiger partial charge in [0, 0.05) is 5.56 Å². The molecule has 1 aliphatic heterocycles. The first-order valence-corrected chi connectivity index (χ1v) is 12.3. The van der Waals surface area contributed by atoms with Gasteiger partial charge in [0.2, 0.25) is 0 Å². The van der Waals surface area contributed by atoms with Crippen LogP contribution in [0.15, 0.2) is 24.3 Å². The largest absolute Gasteiger partial charge is 0.478 e. The molecule has 1 aromatic carbocycles. The zero-order chi connectivity index (χ0) is 18.3. The summed E-state index contributed by atoms with van der Waals surface area (Å²) < 4.78 is 0.302. The van der Waals surface area contributed by atoms with Crippen LogP contribution in [0, 0.1) is 0 Å². The van der Waals surface area contributed by atoms with Gasteiger partial charge in [-0.25, -0.2) is 4.79 Å². The van der Waals surface area contributed by atoms with Crippen molar-refractivity contribution in [1.29, 1.82) is 0 Å². The smallest absolute Gasteiger partial charge is 0.335 e. The number of hydrogen-bond acceptors (Lipinski definition) is 6.